The SMILES string of the molecule is CCCNC1CCC(C(C)(C)CC)CC1OC(C)(C)C. The molecule has 0 spiro atoms. The lowest BCUT2D eigenvalue weighted by Gasteiger charge is -2.45. The van der Waals surface area contributed by atoms with E-state index in [1.54, 1.807) is 0 Å². The van der Waals surface area contributed by atoms with Gasteiger partial charge in [0, 0.05) is 6.04 Å². The Bertz CT molecular complexity index is 280. The van der Waals surface area contributed by atoms with E-state index in [-0.39, 0.29) is 5.60 Å². The minimum Gasteiger partial charge on any atom is -0.371 e. The highest BCUT2D eigenvalue weighted by atomic mass is 16.5. The van der Waals surface area contributed by atoms with Crippen LogP contribution in [0, 0.1) is 11.3 Å². The van der Waals surface area contributed by atoms with Gasteiger partial charge in [0.25, 0.3) is 0 Å². The Morgan fingerprint density at radius 3 is 2.20 bits per heavy atom. The molecule has 1 aliphatic carbocycles. The van der Waals surface area contributed by atoms with Gasteiger partial charge in [-0.15, -0.1) is 0 Å². The number of rotatable bonds is 6. The third-order valence-corrected chi connectivity index (χ3v) is 4.97. The van der Waals surface area contributed by atoms with E-state index in [0.717, 1.165) is 12.5 Å². The molecule has 0 aromatic heterocycles. The van der Waals surface area contributed by atoms with E-state index >= 15 is 0 Å². The Balaban J connectivity index is 2.72. The monoisotopic (exact) mass is 283 g/mol. The number of hydrogen-bond acceptors (Lipinski definition) is 2. The second-order valence-corrected chi connectivity index (χ2v) is 8.18. The number of ether oxygens (including phenoxy) is 1. The molecule has 1 N–H and O–H groups in total. The quantitative estimate of drug-likeness (QED) is 0.758. The summed E-state index contributed by atoms with van der Waals surface area (Å²) < 4.78 is 6.40. The molecule has 0 heterocycles. The number of hydrogen-bond donors (Lipinski definition) is 1. The van der Waals surface area contributed by atoms with Gasteiger partial charge in [0.1, 0.15) is 0 Å². The molecule has 0 radical (unpaired) electrons. The summed E-state index contributed by atoms with van der Waals surface area (Å²) in [7, 11) is 0. The van der Waals surface area contributed by atoms with Gasteiger partial charge >= 0.3 is 0 Å². The van der Waals surface area contributed by atoms with Gasteiger partial charge in [0.05, 0.1) is 11.7 Å². The van der Waals surface area contributed by atoms with Gasteiger partial charge < -0.3 is 10.1 Å². The maximum absolute atomic E-state index is 6.40. The summed E-state index contributed by atoms with van der Waals surface area (Å²) in [5, 5.41) is 3.71. The zero-order valence-corrected chi connectivity index (χ0v) is 14.9. The van der Waals surface area contributed by atoms with Crippen molar-refractivity contribution < 1.29 is 4.74 Å². The lowest BCUT2D eigenvalue weighted by Crippen LogP contribution is -2.50. The summed E-state index contributed by atoms with van der Waals surface area (Å²) in [6.45, 7) is 17.0. The van der Waals surface area contributed by atoms with Crippen molar-refractivity contribution in [3.05, 3.63) is 0 Å². The first kappa shape index (κ1) is 18.0. The summed E-state index contributed by atoms with van der Waals surface area (Å²) in [4.78, 5) is 0. The van der Waals surface area contributed by atoms with Crippen molar-refractivity contribution in [1.29, 1.82) is 0 Å². The molecule has 0 amide bonds. The molecule has 1 fully saturated rings. The zero-order chi connectivity index (χ0) is 15.4. The third kappa shape index (κ3) is 5.37. The molecule has 0 bridgehead atoms. The first-order valence-corrected chi connectivity index (χ1v) is 8.60. The second kappa shape index (κ2) is 7.26. The fourth-order valence-electron chi connectivity index (χ4n) is 3.28. The van der Waals surface area contributed by atoms with E-state index in [4.69, 9.17) is 4.74 Å². The highest BCUT2D eigenvalue weighted by Crippen LogP contribution is 2.42. The van der Waals surface area contributed by atoms with Gasteiger partial charge in [-0.2, -0.15) is 0 Å². The van der Waals surface area contributed by atoms with Crippen molar-refractivity contribution in [3.8, 4) is 0 Å². The zero-order valence-electron chi connectivity index (χ0n) is 14.9. The van der Waals surface area contributed by atoms with Crippen molar-refractivity contribution in [2.45, 2.75) is 98.3 Å². The van der Waals surface area contributed by atoms with Gasteiger partial charge in [-0.05, 0) is 64.3 Å². The molecular formula is C18H37NO. The molecule has 20 heavy (non-hydrogen) atoms. The van der Waals surface area contributed by atoms with Crippen molar-refractivity contribution in [3.63, 3.8) is 0 Å². The predicted molar refractivity (Wildman–Crippen MR) is 88.1 cm³/mol. The third-order valence-electron chi connectivity index (χ3n) is 4.97. The van der Waals surface area contributed by atoms with Crippen LogP contribution in [0.15, 0.2) is 0 Å². The molecule has 120 valence electrons. The Hall–Kier alpha value is -0.0800. The van der Waals surface area contributed by atoms with Gasteiger partial charge in [0.15, 0.2) is 0 Å². The van der Waals surface area contributed by atoms with Crippen LogP contribution in [0.3, 0.4) is 0 Å². The van der Waals surface area contributed by atoms with Gasteiger partial charge in [-0.1, -0.05) is 34.1 Å². The predicted octanol–water partition coefficient (Wildman–Crippen LogP) is 4.77. The Labute approximate surface area is 127 Å². The molecule has 2 nitrogen and oxygen atoms in total. The summed E-state index contributed by atoms with van der Waals surface area (Å²) >= 11 is 0. The molecule has 0 aromatic carbocycles. The second-order valence-electron chi connectivity index (χ2n) is 8.18. The van der Waals surface area contributed by atoms with Crippen LogP contribution in [-0.2, 0) is 4.74 Å². The van der Waals surface area contributed by atoms with Crippen molar-refractivity contribution in [2.24, 2.45) is 11.3 Å². The van der Waals surface area contributed by atoms with Crippen LogP contribution in [0.25, 0.3) is 0 Å². The average molecular weight is 284 g/mol. The molecular weight excluding hydrogens is 246 g/mol. The van der Waals surface area contributed by atoms with E-state index in [9.17, 15) is 0 Å². The largest absolute Gasteiger partial charge is 0.371 e. The molecule has 0 aliphatic heterocycles. The summed E-state index contributed by atoms with van der Waals surface area (Å²) in [5.41, 5.74) is 0.393. The Kier molecular flexibility index (Phi) is 6.53. The van der Waals surface area contributed by atoms with Gasteiger partial charge in [-0.3, -0.25) is 0 Å². The fraction of sp³-hybridized carbons (Fsp3) is 1.00. The molecule has 1 rings (SSSR count). The highest BCUT2D eigenvalue weighted by Gasteiger charge is 2.38. The molecule has 1 saturated carbocycles. The topological polar surface area (TPSA) is 21.3 Å². The molecule has 1 aliphatic rings. The lowest BCUT2D eigenvalue weighted by molar-refractivity contribution is -0.105. The highest BCUT2D eigenvalue weighted by molar-refractivity contribution is 4.91. The first-order valence-electron chi connectivity index (χ1n) is 8.60. The standard InChI is InChI=1S/C18H37NO/c1-8-12-19-15-11-10-14(18(6,7)9-2)13-16(15)20-17(3,4)5/h14-16,19H,8-13H2,1-7H3. The normalized spacial score (nSPS) is 28.6. The Morgan fingerprint density at radius 1 is 1.05 bits per heavy atom. The van der Waals surface area contributed by atoms with E-state index in [2.05, 4.69) is 53.8 Å². The summed E-state index contributed by atoms with van der Waals surface area (Å²) in [5.74, 6) is 0.791. The van der Waals surface area contributed by atoms with Crippen LogP contribution in [-0.4, -0.2) is 24.3 Å². The number of nitrogens with one attached hydrogen (secondary N) is 1. The van der Waals surface area contributed by atoms with E-state index < -0.39 is 0 Å². The summed E-state index contributed by atoms with van der Waals surface area (Å²) in [6.07, 6.45) is 6.63. The molecule has 0 aromatic rings. The van der Waals surface area contributed by atoms with Crippen LogP contribution in [0.1, 0.15) is 80.6 Å². The van der Waals surface area contributed by atoms with Crippen LogP contribution < -0.4 is 5.32 Å². The Morgan fingerprint density at radius 2 is 1.70 bits per heavy atom. The van der Waals surface area contributed by atoms with Crippen LogP contribution in [0.2, 0.25) is 0 Å². The van der Waals surface area contributed by atoms with Crippen LogP contribution in [0.4, 0.5) is 0 Å². The van der Waals surface area contributed by atoms with E-state index in [1.165, 1.54) is 32.1 Å². The molecule has 3 unspecified atom stereocenters. The molecule has 3 atom stereocenters. The van der Waals surface area contributed by atoms with Gasteiger partial charge in [-0.25, -0.2) is 0 Å². The lowest BCUT2D eigenvalue weighted by atomic mass is 9.68. The van der Waals surface area contributed by atoms with Crippen LogP contribution in [0.5, 0.6) is 0 Å². The minimum atomic E-state index is -0.0466. The van der Waals surface area contributed by atoms with Crippen molar-refractivity contribution in [2.75, 3.05) is 6.54 Å². The van der Waals surface area contributed by atoms with Gasteiger partial charge in [0.2, 0.25) is 0 Å². The average Bonchev–Trinajstić information content (AvgIpc) is 2.35. The first-order chi connectivity index (χ1) is 9.19. The maximum atomic E-state index is 6.40. The molecule has 2 heteroatoms. The maximum Gasteiger partial charge on any atom is 0.0737 e. The van der Waals surface area contributed by atoms with Crippen LogP contribution >= 0.6 is 0 Å². The fourth-order valence-corrected chi connectivity index (χ4v) is 3.28. The van der Waals surface area contributed by atoms with E-state index in [0.29, 0.717) is 17.6 Å². The van der Waals surface area contributed by atoms with Crippen molar-refractivity contribution >= 4 is 0 Å². The van der Waals surface area contributed by atoms with Crippen molar-refractivity contribution in [1.82, 2.24) is 5.32 Å². The minimum absolute atomic E-state index is 0.0466. The van der Waals surface area contributed by atoms with E-state index in [1.807, 2.05) is 0 Å². The smallest absolute Gasteiger partial charge is 0.0737 e. The summed E-state index contributed by atoms with van der Waals surface area (Å²) in [6, 6.07) is 0.540. The molecule has 0 saturated heterocycles.